The molecule has 23 heavy (non-hydrogen) atoms. The van der Waals surface area contributed by atoms with Crippen molar-refractivity contribution in [3.63, 3.8) is 0 Å². The number of nitrogens with zero attached hydrogens (tertiary/aromatic N) is 2. The number of aromatic nitrogens is 1. The molecular formula is C17H21F2N3S. The van der Waals surface area contributed by atoms with Gasteiger partial charge in [0.2, 0.25) is 0 Å². The molecule has 1 N–H and O–H groups in total. The van der Waals surface area contributed by atoms with Gasteiger partial charge in [0.25, 0.3) is 0 Å². The van der Waals surface area contributed by atoms with Gasteiger partial charge in [-0.15, -0.1) is 11.3 Å². The van der Waals surface area contributed by atoms with Crippen LogP contribution in [-0.4, -0.2) is 24.1 Å². The fraction of sp³-hybridized carbons (Fsp3) is 0.471. The van der Waals surface area contributed by atoms with E-state index < -0.39 is 11.6 Å². The van der Waals surface area contributed by atoms with Crippen molar-refractivity contribution in [2.24, 2.45) is 0 Å². The molecule has 1 atom stereocenters. The summed E-state index contributed by atoms with van der Waals surface area (Å²) in [5.41, 5.74) is 1.82. The first-order valence-corrected chi connectivity index (χ1v) is 8.79. The standard InChI is InChI=1S/C17H21F2N3S/c1-11-10-23-17(20-11)12(2)21-13-5-7-22(8-6-13)14-3-4-15(18)16(19)9-14/h3-4,9-10,12-13,21H,5-8H2,1-2H3. The molecule has 2 aromatic rings. The van der Waals surface area contributed by atoms with Gasteiger partial charge in [-0.1, -0.05) is 0 Å². The van der Waals surface area contributed by atoms with Crippen LogP contribution in [0.4, 0.5) is 14.5 Å². The maximum absolute atomic E-state index is 13.4. The van der Waals surface area contributed by atoms with E-state index in [2.05, 4.69) is 27.5 Å². The topological polar surface area (TPSA) is 28.2 Å². The molecule has 1 saturated heterocycles. The van der Waals surface area contributed by atoms with Gasteiger partial charge in [-0.2, -0.15) is 0 Å². The Hall–Kier alpha value is -1.53. The molecule has 1 aromatic carbocycles. The third-order valence-electron chi connectivity index (χ3n) is 4.26. The highest BCUT2D eigenvalue weighted by Gasteiger charge is 2.22. The number of benzene rings is 1. The summed E-state index contributed by atoms with van der Waals surface area (Å²) in [6.45, 7) is 5.83. The summed E-state index contributed by atoms with van der Waals surface area (Å²) in [6.07, 6.45) is 1.96. The fourth-order valence-electron chi connectivity index (χ4n) is 2.98. The van der Waals surface area contributed by atoms with Crippen molar-refractivity contribution < 1.29 is 8.78 Å². The Morgan fingerprint density at radius 2 is 2.00 bits per heavy atom. The van der Waals surface area contributed by atoms with E-state index in [1.807, 2.05) is 6.92 Å². The Morgan fingerprint density at radius 3 is 2.61 bits per heavy atom. The zero-order valence-corrected chi connectivity index (χ0v) is 14.2. The molecule has 0 saturated carbocycles. The highest BCUT2D eigenvalue weighted by atomic mass is 32.1. The first-order valence-electron chi connectivity index (χ1n) is 7.91. The number of thiazole rings is 1. The lowest BCUT2D eigenvalue weighted by atomic mass is 10.0. The molecule has 0 aliphatic carbocycles. The minimum absolute atomic E-state index is 0.244. The molecule has 1 aliphatic heterocycles. The number of hydrogen-bond donors (Lipinski definition) is 1. The number of halogens is 2. The monoisotopic (exact) mass is 337 g/mol. The first kappa shape index (κ1) is 16.3. The number of rotatable bonds is 4. The Kier molecular flexibility index (Phi) is 4.92. The number of nitrogens with one attached hydrogen (secondary N) is 1. The van der Waals surface area contributed by atoms with E-state index in [1.54, 1.807) is 17.4 Å². The molecule has 3 nitrogen and oxygen atoms in total. The van der Waals surface area contributed by atoms with Gasteiger partial charge in [0.1, 0.15) is 5.01 Å². The molecule has 1 aliphatic rings. The van der Waals surface area contributed by atoms with Crippen LogP contribution in [-0.2, 0) is 0 Å². The third-order valence-corrected chi connectivity index (χ3v) is 5.40. The van der Waals surface area contributed by atoms with Crippen molar-refractivity contribution in [2.45, 2.75) is 38.8 Å². The van der Waals surface area contributed by atoms with E-state index in [0.29, 0.717) is 6.04 Å². The second-order valence-corrected chi connectivity index (χ2v) is 6.96. The van der Waals surface area contributed by atoms with Gasteiger partial charge < -0.3 is 10.2 Å². The molecule has 0 bridgehead atoms. The number of anilines is 1. The minimum atomic E-state index is -0.794. The molecule has 124 valence electrons. The quantitative estimate of drug-likeness (QED) is 0.912. The molecule has 1 aromatic heterocycles. The summed E-state index contributed by atoms with van der Waals surface area (Å²) >= 11 is 1.69. The van der Waals surface area contributed by atoms with Crippen LogP contribution in [0.2, 0.25) is 0 Å². The van der Waals surface area contributed by atoms with Crippen LogP contribution in [0.3, 0.4) is 0 Å². The summed E-state index contributed by atoms with van der Waals surface area (Å²) in [5, 5.41) is 6.81. The van der Waals surface area contributed by atoms with Crippen LogP contribution < -0.4 is 10.2 Å². The van der Waals surface area contributed by atoms with Crippen molar-refractivity contribution in [2.75, 3.05) is 18.0 Å². The van der Waals surface area contributed by atoms with E-state index in [9.17, 15) is 8.78 Å². The van der Waals surface area contributed by atoms with E-state index in [4.69, 9.17) is 0 Å². The van der Waals surface area contributed by atoms with Gasteiger partial charge >= 0.3 is 0 Å². The number of hydrogen-bond acceptors (Lipinski definition) is 4. The van der Waals surface area contributed by atoms with Gasteiger partial charge in [-0.05, 0) is 38.8 Å². The smallest absolute Gasteiger partial charge is 0.160 e. The lowest BCUT2D eigenvalue weighted by Gasteiger charge is -2.35. The second-order valence-electron chi connectivity index (χ2n) is 6.08. The molecular weight excluding hydrogens is 316 g/mol. The highest BCUT2D eigenvalue weighted by molar-refractivity contribution is 7.09. The fourth-order valence-corrected chi connectivity index (χ4v) is 3.79. The predicted molar refractivity (Wildman–Crippen MR) is 90.0 cm³/mol. The highest BCUT2D eigenvalue weighted by Crippen LogP contribution is 2.24. The van der Waals surface area contributed by atoms with Crippen LogP contribution in [0.1, 0.15) is 36.5 Å². The Morgan fingerprint density at radius 1 is 1.26 bits per heavy atom. The molecule has 2 heterocycles. The molecule has 3 rings (SSSR count). The van der Waals surface area contributed by atoms with Crippen molar-refractivity contribution in [3.8, 4) is 0 Å². The largest absolute Gasteiger partial charge is 0.371 e. The van der Waals surface area contributed by atoms with Gasteiger partial charge in [0.05, 0.1) is 6.04 Å². The summed E-state index contributed by atoms with van der Waals surface area (Å²) in [4.78, 5) is 6.64. The molecule has 1 fully saturated rings. The van der Waals surface area contributed by atoms with Crippen LogP contribution in [0.5, 0.6) is 0 Å². The SMILES string of the molecule is Cc1csc(C(C)NC2CCN(c3ccc(F)c(F)c3)CC2)n1. The van der Waals surface area contributed by atoms with Gasteiger partial charge in [-0.3, -0.25) is 0 Å². The van der Waals surface area contributed by atoms with Crippen LogP contribution in [0.15, 0.2) is 23.6 Å². The normalized spacial score (nSPS) is 17.5. The number of piperidine rings is 1. The summed E-state index contributed by atoms with van der Waals surface area (Å²) < 4.78 is 26.4. The van der Waals surface area contributed by atoms with E-state index in [0.717, 1.165) is 42.3 Å². The van der Waals surface area contributed by atoms with E-state index in [1.165, 1.54) is 12.1 Å². The van der Waals surface area contributed by atoms with Crippen molar-refractivity contribution >= 4 is 17.0 Å². The van der Waals surface area contributed by atoms with E-state index in [-0.39, 0.29) is 6.04 Å². The molecule has 6 heteroatoms. The maximum atomic E-state index is 13.4. The van der Waals surface area contributed by atoms with Gasteiger partial charge in [-0.25, -0.2) is 13.8 Å². The average Bonchev–Trinajstić information content (AvgIpc) is 2.97. The van der Waals surface area contributed by atoms with Crippen molar-refractivity contribution in [3.05, 3.63) is 45.9 Å². The van der Waals surface area contributed by atoms with Crippen LogP contribution in [0.25, 0.3) is 0 Å². The Labute approximate surface area is 139 Å². The predicted octanol–water partition coefficient (Wildman–Crippen LogP) is 4.05. The van der Waals surface area contributed by atoms with Crippen LogP contribution >= 0.6 is 11.3 Å². The van der Waals surface area contributed by atoms with Crippen molar-refractivity contribution in [1.29, 1.82) is 0 Å². The third kappa shape index (κ3) is 3.87. The van der Waals surface area contributed by atoms with Gasteiger partial charge in [0, 0.05) is 42.0 Å². The summed E-state index contributed by atoms with van der Waals surface area (Å²) in [5.74, 6) is -1.58. The zero-order chi connectivity index (χ0) is 16.4. The Bertz CT molecular complexity index is 666. The summed E-state index contributed by atoms with van der Waals surface area (Å²) in [6, 6.07) is 4.79. The maximum Gasteiger partial charge on any atom is 0.160 e. The molecule has 0 radical (unpaired) electrons. The lowest BCUT2D eigenvalue weighted by Crippen LogP contribution is -2.43. The van der Waals surface area contributed by atoms with E-state index >= 15 is 0 Å². The molecule has 1 unspecified atom stereocenters. The lowest BCUT2D eigenvalue weighted by molar-refractivity contribution is 0.380. The van der Waals surface area contributed by atoms with Gasteiger partial charge in [0.15, 0.2) is 11.6 Å². The zero-order valence-electron chi connectivity index (χ0n) is 13.4. The average molecular weight is 337 g/mol. The first-order chi connectivity index (χ1) is 11.0. The van der Waals surface area contributed by atoms with Crippen LogP contribution in [0, 0.1) is 18.6 Å². The number of aryl methyl sites for hydroxylation is 1. The molecule has 0 amide bonds. The second kappa shape index (κ2) is 6.93. The minimum Gasteiger partial charge on any atom is -0.371 e. The van der Waals surface area contributed by atoms with Crippen molar-refractivity contribution in [1.82, 2.24) is 10.3 Å². The molecule has 0 spiro atoms. The summed E-state index contributed by atoms with van der Waals surface area (Å²) in [7, 11) is 0. The Balaban J connectivity index is 1.54.